The van der Waals surface area contributed by atoms with Gasteiger partial charge in [-0.2, -0.15) is 0 Å². The van der Waals surface area contributed by atoms with E-state index in [1.807, 2.05) is 11.8 Å². The number of hydrogen-bond acceptors (Lipinski definition) is 2. The van der Waals surface area contributed by atoms with Crippen molar-refractivity contribution in [3.05, 3.63) is 186 Å². The van der Waals surface area contributed by atoms with Crippen LogP contribution in [0, 0.1) is 0 Å². The van der Waals surface area contributed by atoms with E-state index in [0.29, 0.717) is 0 Å². The summed E-state index contributed by atoms with van der Waals surface area (Å²) in [7, 11) is 0. The van der Waals surface area contributed by atoms with Crippen LogP contribution < -0.4 is 5.32 Å². The van der Waals surface area contributed by atoms with Crippen LogP contribution >= 0.6 is 11.8 Å². The Morgan fingerprint density at radius 3 is 1.91 bits per heavy atom. The van der Waals surface area contributed by atoms with Crippen LogP contribution in [-0.4, -0.2) is 4.57 Å². The smallest absolute Gasteiger partial charge is 0.0776 e. The van der Waals surface area contributed by atoms with Gasteiger partial charge in [-0.05, 0) is 75.8 Å². The highest BCUT2D eigenvalue weighted by atomic mass is 32.2. The zero-order valence-electron chi connectivity index (χ0n) is 24.9. The molecule has 8 aromatic rings. The highest BCUT2D eigenvalue weighted by Gasteiger charge is 2.49. The summed E-state index contributed by atoms with van der Waals surface area (Å²) < 4.78 is 2.39. The Balaban J connectivity index is 1.18. The third-order valence-electron chi connectivity index (χ3n) is 9.84. The summed E-state index contributed by atoms with van der Waals surface area (Å²) in [6.45, 7) is 0. The number of anilines is 2. The SMILES string of the molecule is c1ccc(-n2c3ccccc3c3cccc(Nc4ccc5c(c4)Sc4ccccc4C54c5ccccc5-c5ccccc54)c32)cc1. The minimum Gasteiger partial charge on any atom is -0.354 e. The fourth-order valence-corrected chi connectivity index (χ4v) is 9.29. The largest absolute Gasteiger partial charge is 0.354 e. The highest BCUT2D eigenvalue weighted by molar-refractivity contribution is 7.99. The Morgan fingerprint density at radius 1 is 0.478 bits per heavy atom. The second kappa shape index (κ2) is 9.74. The molecule has 1 aliphatic heterocycles. The number of benzene rings is 7. The summed E-state index contributed by atoms with van der Waals surface area (Å²) in [6, 6.07) is 59.9. The molecule has 0 atom stereocenters. The molecule has 0 saturated carbocycles. The molecule has 46 heavy (non-hydrogen) atoms. The van der Waals surface area contributed by atoms with Gasteiger partial charge in [0.05, 0.1) is 22.1 Å². The molecular formula is C43H28N2S. The van der Waals surface area contributed by atoms with Crippen LogP contribution in [0.1, 0.15) is 22.3 Å². The van der Waals surface area contributed by atoms with Gasteiger partial charge in [0.15, 0.2) is 0 Å². The summed E-state index contributed by atoms with van der Waals surface area (Å²) in [4.78, 5) is 2.59. The molecule has 0 amide bonds. The second-order valence-corrected chi connectivity index (χ2v) is 13.2. The van der Waals surface area contributed by atoms with Gasteiger partial charge in [-0.3, -0.25) is 0 Å². The van der Waals surface area contributed by atoms with Gasteiger partial charge >= 0.3 is 0 Å². The van der Waals surface area contributed by atoms with Crippen molar-refractivity contribution in [2.45, 2.75) is 15.2 Å². The summed E-state index contributed by atoms with van der Waals surface area (Å²) in [5.41, 5.74) is 13.4. The summed E-state index contributed by atoms with van der Waals surface area (Å²) in [5, 5.41) is 6.37. The Morgan fingerprint density at radius 2 is 1.11 bits per heavy atom. The first-order valence-corrected chi connectivity index (χ1v) is 16.6. The molecule has 1 aliphatic carbocycles. The van der Waals surface area contributed by atoms with Gasteiger partial charge in [0.2, 0.25) is 0 Å². The van der Waals surface area contributed by atoms with Crippen molar-refractivity contribution in [3.63, 3.8) is 0 Å². The molecule has 3 heteroatoms. The topological polar surface area (TPSA) is 17.0 Å². The van der Waals surface area contributed by atoms with Gasteiger partial charge < -0.3 is 9.88 Å². The van der Waals surface area contributed by atoms with Gasteiger partial charge in [-0.25, -0.2) is 0 Å². The number of rotatable bonds is 3. The monoisotopic (exact) mass is 604 g/mol. The molecule has 0 fully saturated rings. The van der Waals surface area contributed by atoms with E-state index in [4.69, 9.17) is 0 Å². The molecule has 216 valence electrons. The maximum atomic E-state index is 3.88. The predicted octanol–water partition coefficient (Wildman–Crippen LogP) is 11.4. The lowest BCUT2D eigenvalue weighted by atomic mass is 9.67. The van der Waals surface area contributed by atoms with E-state index >= 15 is 0 Å². The summed E-state index contributed by atoms with van der Waals surface area (Å²) >= 11 is 1.88. The number of nitrogens with zero attached hydrogens (tertiary/aromatic N) is 1. The number of para-hydroxylation sites is 3. The van der Waals surface area contributed by atoms with Gasteiger partial charge in [0, 0.05) is 31.9 Å². The number of aromatic nitrogens is 1. The number of hydrogen-bond donors (Lipinski definition) is 1. The highest BCUT2D eigenvalue weighted by Crippen LogP contribution is 2.62. The van der Waals surface area contributed by atoms with Crippen LogP contribution in [0.25, 0.3) is 38.6 Å². The van der Waals surface area contributed by atoms with Gasteiger partial charge in [0.1, 0.15) is 0 Å². The van der Waals surface area contributed by atoms with Crippen molar-refractivity contribution < 1.29 is 0 Å². The van der Waals surface area contributed by atoms with Gasteiger partial charge in [-0.1, -0.05) is 133 Å². The minimum absolute atomic E-state index is 0.358. The maximum Gasteiger partial charge on any atom is 0.0776 e. The van der Waals surface area contributed by atoms with Crippen LogP contribution in [-0.2, 0) is 5.41 Å². The molecule has 1 spiro atoms. The third-order valence-corrected chi connectivity index (χ3v) is 11.0. The van der Waals surface area contributed by atoms with E-state index in [0.717, 1.165) is 17.1 Å². The van der Waals surface area contributed by atoms with Crippen LogP contribution in [0.5, 0.6) is 0 Å². The van der Waals surface area contributed by atoms with E-state index in [9.17, 15) is 0 Å². The lowest BCUT2D eigenvalue weighted by Gasteiger charge is -2.39. The van der Waals surface area contributed by atoms with E-state index in [-0.39, 0.29) is 5.41 Å². The number of nitrogens with one attached hydrogen (secondary N) is 1. The molecule has 0 saturated heterocycles. The Bertz CT molecular complexity index is 2440. The molecule has 10 rings (SSSR count). The van der Waals surface area contributed by atoms with Crippen molar-refractivity contribution in [2.24, 2.45) is 0 Å². The van der Waals surface area contributed by atoms with Gasteiger partial charge in [0.25, 0.3) is 0 Å². The molecule has 0 radical (unpaired) electrons. The zero-order valence-corrected chi connectivity index (χ0v) is 25.8. The standard InChI is InChI=1S/C43H28N2S/c1-2-13-29(14-3-1)45-39-23-10-6-17-32(39)33-18-12-22-38(42(33)45)44-28-25-26-37-41(27-28)46-40-24-11-9-21-36(40)43(37)34-19-7-4-15-30(34)31-16-5-8-20-35(31)43/h1-27,44H. The molecular weight excluding hydrogens is 577 g/mol. The molecule has 0 bridgehead atoms. The molecule has 2 nitrogen and oxygen atoms in total. The molecule has 0 unspecified atom stereocenters. The van der Waals surface area contributed by atoms with Crippen LogP contribution in [0.15, 0.2) is 174 Å². The summed E-state index contributed by atoms with van der Waals surface area (Å²) in [5.74, 6) is 0. The van der Waals surface area contributed by atoms with Crippen molar-refractivity contribution >= 4 is 44.9 Å². The Hall–Kier alpha value is -5.51. The predicted molar refractivity (Wildman–Crippen MR) is 192 cm³/mol. The number of fused-ring (bicyclic) bond motifs is 12. The second-order valence-electron chi connectivity index (χ2n) is 12.2. The average Bonchev–Trinajstić information content (AvgIpc) is 3.61. The zero-order chi connectivity index (χ0) is 30.2. The summed E-state index contributed by atoms with van der Waals surface area (Å²) in [6.07, 6.45) is 0. The molecule has 2 aliphatic rings. The maximum absolute atomic E-state index is 3.88. The van der Waals surface area contributed by atoms with E-state index < -0.39 is 0 Å². The van der Waals surface area contributed by atoms with E-state index in [1.165, 1.54) is 65.0 Å². The first-order chi connectivity index (χ1) is 22.8. The van der Waals surface area contributed by atoms with Crippen LogP contribution in [0.3, 0.4) is 0 Å². The molecule has 2 heterocycles. The normalized spacial score (nSPS) is 13.7. The van der Waals surface area contributed by atoms with Gasteiger partial charge in [-0.15, -0.1) is 0 Å². The molecule has 7 aromatic carbocycles. The van der Waals surface area contributed by atoms with Crippen LogP contribution in [0.2, 0.25) is 0 Å². The van der Waals surface area contributed by atoms with E-state index in [2.05, 4.69) is 174 Å². The van der Waals surface area contributed by atoms with Crippen molar-refractivity contribution in [3.8, 4) is 16.8 Å². The minimum atomic E-state index is -0.358. The van der Waals surface area contributed by atoms with Crippen molar-refractivity contribution in [1.82, 2.24) is 4.57 Å². The fraction of sp³-hybridized carbons (Fsp3) is 0.0233. The quantitative estimate of drug-likeness (QED) is 0.216. The Labute approximate surface area is 272 Å². The first-order valence-electron chi connectivity index (χ1n) is 15.8. The molecule has 1 aromatic heterocycles. The third kappa shape index (κ3) is 3.44. The van der Waals surface area contributed by atoms with Crippen molar-refractivity contribution in [2.75, 3.05) is 5.32 Å². The first kappa shape index (κ1) is 25.8. The fourth-order valence-electron chi connectivity index (χ4n) is 8.06. The molecule has 1 N–H and O–H groups in total. The average molecular weight is 605 g/mol. The van der Waals surface area contributed by atoms with Crippen molar-refractivity contribution in [1.29, 1.82) is 0 Å². The van der Waals surface area contributed by atoms with E-state index in [1.54, 1.807) is 0 Å². The van der Waals surface area contributed by atoms with Crippen LogP contribution in [0.4, 0.5) is 11.4 Å². The lowest BCUT2D eigenvalue weighted by Crippen LogP contribution is -2.31. The lowest BCUT2D eigenvalue weighted by molar-refractivity contribution is 0.722. The Kier molecular flexibility index (Phi) is 5.46.